The molecule has 2 aliphatic heterocycles. The smallest absolute Gasteiger partial charge is 0.149 e. The second-order valence-electron chi connectivity index (χ2n) is 11.2. The second kappa shape index (κ2) is 5.49. The van der Waals surface area contributed by atoms with Crippen LogP contribution < -0.4 is 0 Å². The molecule has 0 radical (unpaired) electrons. The van der Waals surface area contributed by atoms with Crippen LogP contribution in [0.5, 0.6) is 0 Å². The highest BCUT2D eigenvalue weighted by atomic mass is 16.7. The van der Waals surface area contributed by atoms with Gasteiger partial charge in [-0.2, -0.15) is 0 Å². The summed E-state index contributed by atoms with van der Waals surface area (Å²) in [5.41, 5.74) is -1.91. The molecule has 3 spiro atoms. The van der Waals surface area contributed by atoms with E-state index in [1.54, 1.807) is 7.11 Å². The van der Waals surface area contributed by atoms with E-state index in [1.165, 1.54) is 0 Å². The lowest BCUT2D eigenvalue weighted by molar-refractivity contribution is -0.245. The molecule has 2 heterocycles. The number of ether oxygens (including phenoxy) is 5. The molecule has 0 unspecified atom stereocenters. The standard InChI is InChI=1S/C23H33NO6/c1-20-6-5-14(27-3)22-12-7-11-13(26-2)8-21(15(12)16(11)28-4)23(30-10-29-21,18(25)17(20)22)19(22)24-9-20/h9,11-19,25H,5-8,10H2,1-4H3/t11-,12-,13+,14+,15-,16+,17-,18+,19+,20+,21-,22+,23-/m1/s1. The number of nitrogens with zero attached hydrogens (tertiary/aromatic N) is 1. The van der Waals surface area contributed by atoms with Crippen LogP contribution >= 0.6 is 0 Å². The van der Waals surface area contributed by atoms with Gasteiger partial charge in [0.25, 0.3) is 0 Å². The summed E-state index contributed by atoms with van der Waals surface area (Å²) in [6.07, 6.45) is 5.31. The first-order chi connectivity index (χ1) is 14.5. The minimum absolute atomic E-state index is 0.0255. The molecule has 7 nitrogen and oxygen atoms in total. The summed E-state index contributed by atoms with van der Waals surface area (Å²) in [5, 5.41) is 12.2. The Balaban J connectivity index is 1.56. The van der Waals surface area contributed by atoms with Crippen molar-refractivity contribution in [3.8, 4) is 0 Å². The minimum Gasteiger partial charge on any atom is -0.390 e. The van der Waals surface area contributed by atoms with Gasteiger partial charge in [0.15, 0.2) is 0 Å². The van der Waals surface area contributed by atoms with Crippen LogP contribution in [-0.4, -0.2) is 81.1 Å². The predicted molar refractivity (Wildman–Crippen MR) is 106 cm³/mol. The molecule has 1 saturated heterocycles. The van der Waals surface area contributed by atoms with Crippen molar-refractivity contribution >= 4 is 6.21 Å². The Morgan fingerprint density at radius 3 is 2.70 bits per heavy atom. The van der Waals surface area contributed by atoms with E-state index in [0.717, 1.165) is 25.7 Å². The fourth-order valence-electron chi connectivity index (χ4n) is 10.4. The summed E-state index contributed by atoms with van der Waals surface area (Å²) in [4.78, 5) is 5.23. The van der Waals surface area contributed by atoms with Gasteiger partial charge in [-0.1, -0.05) is 6.92 Å². The molecule has 5 aliphatic carbocycles. The van der Waals surface area contributed by atoms with E-state index in [2.05, 4.69) is 13.1 Å². The van der Waals surface area contributed by atoms with Crippen molar-refractivity contribution in [3.63, 3.8) is 0 Å². The van der Waals surface area contributed by atoms with E-state index in [9.17, 15) is 5.11 Å². The molecule has 7 rings (SSSR count). The van der Waals surface area contributed by atoms with Crippen LogP contribution in [0.2, 0.25) is 0 Å². The van der Waals surface area contributed by atoms with Crippen molar-refractivity contribution in [1.29, 1.82) is 0 Å². The first kappa shape index (κ1) is 18.9. The molecule has 7 heteroatoms. The lowest BCUT2D eigenvalue weighted by Crippen LogP contribution is -2.76. The highest BCUT2D eigenvalue weighted by molar-refractivity contribution is 5.71. The first-order valence-corrected chi connectivity index (χ1v) is 11.5. The van der Waals surface area contributed by atoms with Gasteiger partial charge >= 0.3 is 0 Å². The second-order valence-corrected chi connectivity index (χ2v) is 11.2. The summed E-state index contributed by atoms with van der Waals surface area (Å²) >= 11 is 0. The molecular weight excluding hydrogens is 386 g/mol. The molecule has 5 saturated carbocycles. The Morgan fingerprint density at radius 1 is 1.13 bits per heavy atom. The molecule has 6 fully saturated rings. The van der Waals surface area contributed by atoms with E-state index >= 15 is 0 Å². The van der Waals surface area contributed by atoms with Gasteiger partial charge in [0, 0.05) is 62.5 Å². The van der Waals surface area contributed by atoms with Crippen LogP contribution in [0.15, 0.2) is 4.99 Å². The van der Waals surface area contributed by atoms with Crippen molar-refractivity contribution in [1.82, 2.24) is 0 Å². The van der Waals surface area contributed by atoms with Gasteiger partial charge in [-0.05, 0) is 25.2 Å². The lowest BCUT2D eigenvalue weighted by atomic mass is 9.44. The number of methoxy groups -OCH3 is 3. The van der Waals surface area contributed by atoms with E-state index in [0.29, 0.717) is 11.8 Å². The quantitative estimate of drug-likeness (QED) is 0.745. The first-order valence-electron chi connectivity index (χ1n) is 11.5. The van der Waals surface area contributed by atoms with Gasteiger partial charge in [-0.25, -0.2) is 0 Å². The SMILES string of the molecule is CO[C@H]1[C@@H]2C[C@@H]3[C@H]1[C@@]1(C[C@@H]2OC)OCO[C@@]12[C@@H](O)[C@H]1[C@@]34[C@@H](OC)CC[C@@]1(C)C=N[C@@H]42. The highest BCUT2D eigenvalue weighted by Crippen LogP contribution is 2.81. The largest absolute Gasteiger partial charge is 0.390 e. The third kappa shape index (κ3) is 1.54. The van der Waals surface area contributed by atoms with Crippen LogP contribution in [0, 0.1) is 34.5 Å². The number of aliphatic imine (C=N–C) groups is 1. The molecule has 7 bridgehead atoms. The van der Waals surface area contributed by atoms with Crippen LogP contribution in [-0.2, 0) is 23.7 Å². The molecule has 0 aromatic rings. The molecule has 30 heavy (non-hydrogen) atoms. The topological polar surface area (TPSA) is 78.7 Å². The summed E-state index contributed by atoms with van der Waals surface area (Å²) in [6, 6.07) is -0.154. The van der Waals surface area contributed by atoms with Crippen molar-refractivity contribution < 1.29 is 28.8 Å². The Morgan fingerprint density at radius 2 is 1.97 bits per heavy atom. The molecule has 7 aliphatic rings. The third-order valence-corrected chi connectivity index (χ3v) is 10.9. The van der Waals surface area contributed by atoms with Gasteiger partial charge in [-0.3, -0.25) is 4.99 Å². The van der Waals surface area contributed by atoms with E-state index in [1.807, 2.05) is 14.2 Å². The number of hydrogen-bond donors (Lipinski definition) is 1. The van der Waals surface area contributed by atoms with Gasteiger partial charge in [-0.15, -0.1) is 0 Å². The van der Waals surface area contributed by atoms with Crippen molar-refractivity contribution in [2.24, 2.45) is 39.5 Å². The van der Waals surface area contributed by atoms with Crippen LogP contribution in [0.4, 0.5) is 0 Å². The number of hydrogen-bond acceptors (Lipinski definition) is 7. The maximum atomic E-state index is 12.2. The van der Waals surface area contributed by atoms with Crippen LogP contribution in [0.1, 0.15) is 32.6 Å². The summed E-state index contributed by atoms with van der Waals surface area (Å²) in [5.74, 6) is 0.836. The van der Waals surface area contributed by atoms with E-state index in [-0.39, 0.29) is 53.8 Å². The monoisotopic (exact) mass is 419 g/mol. The van der Waals surface area contributed by atoms with Crippen molar-refractivity contribution in [3.05, 3.63) is 0 Å². The Bertz CT molecular complexity index is 822. The highest BCUT2D eigenvalue weighted by Gasteiger charge is 2.92. The molecule has 0 amide bonds. The molecule has 0 aromatic heterocycles. The zero-order chi connectivity index (χ0) is 20.7. The van der Waals surface area contributed by atoms with Gasteiger partial charge in [0.2, 0.25) is 0 Å². The van der Waals surface area contributed by atoms with Crippen LogP contribution in [0.25, 0.3) is 0 Å². The van der Waals surface area contributed by atoms with E-state index < -0.39 is 17.3 Å². The fourth-order valence-corrected chi connectivity index (χ4v) is 10.4. The molecule has 166 valence electrons. The molecule has 0 aromatic carbocycles. The maximum Gasteiger partial charge on any atom is 0.149 e. The molecule has 13 atom stereocenters. The number of aliphatic hydroxyl groups is 1. The van der Waals surface area contributed by atoms with E-state index in [4.69, 9.17) is 28.7 Å². The van der Waals surface area contributed by atoms with Gasteiger partial charge in [0.1, 0.15) is 18.0 Å². The third-order valence-electron chi connectivity index (χ3n) is 10.9. The zero-order valence-electron chi connectivity index (χ0n) is 18.2. The Labute approximate surface area is 177 Å². The molecule has 1 N–H and O–H groups in total. The maximum absolute atomic E-state index is 12.2. The summed E-state index contributed by atoms with van der Waals surface area (Å²) < 4.78 is 31.6. The average Bonchev–Trinajstić information content (AvgIpc) is 3.31. The lowest BCUT2D eigenvalue weighted by Gasteiger charge is -2.64. The Kier molecular flexibility index (Phi) is 3.47. The number of aliphatic hydroxyl groups excluding tert-OH is 1. The predicted octanol–water partition coefficient (Wildman–Crippen LogP) is 1.41. The van der Waals surface area contributed by atoms with Crippen molar-refractivity contribution in [2.45, 2.75) is 74.3 Å². The van der Waals surface area contributed by atoms with Crippen LogP contribution in [0.3, 0.4) is 0 Å². The normalized spacial score (nSPS) is 66.4. The number of rotatable bonds is 3. The Hall–Kier alpha value is -0.570. The fraction of sp³-hybridized carbons (Fsp3) is 0.957. The average molecular weight is 420 g/mol. The van der Waals surface area contributed by atoms with Gasteiger partial charge in [0.05, 0.1) is 30.5 Å². The number of fused-ring (bicyclic) bond motifs is 1. The minimum atomic E-state index is -0.864. The zero-order valence-corrected chi connectivity index (χ0v) is 18.2. The summed E-state index contributed by atoms with van der Waals surface area (Å²) in [7, 11) is 5.44. The summed E-state index contributed by atoms with van der Waals surface area (Å²) in [6.45, 7) is 2.48. The van der Waals surface area contributed by atoms with Gasteiger partial charge < -0.3 is 28.8 Å². The van der Waals surface area contributed by atoms with Crippen molar-refractivity contribution in [2.75, 3.05) is 28.1 Å². The molecular formula is C23H33NO6.